The average Bonchev–Trinajstić information content (AvgIpc) is 2.58. The van der Waals surface area contributed by atoms with Crippen LogP contribution in [-0.4, -0.2) is 39.5 Å². The van der Waals surface area contributed by atoms with Gasteiger partial charge in [-0.25, -0.2) is 0 Å². The van der Waals surface area contributed by atoms with Gasteiger partial charge in [0, 0.05) is 6.54 Å². The van der Waals surface area contributed by atoms with Crippen molar-refractivity contribution in [2.24, 2.45) is 4.99 Å². The Labute approximate surface area is 62.7 Å². The molecule has 1 N–H and O–H groups in total. The predicted octanol–water partition coefficient (Wildman–Crippen LogP) is -1.58. The zero-order valence-electron chi connectivity index (χ0n) is 5.65. The van der Waals surface area contributed by atoms with Crippen molar-refractivity contribution in [1.82, 2.24) is 25.9 Å². The number of rotatable bonds is 1. The van der Waals surface area contributed by atoms with Gasteiger partial charge in [-0.1, -0.05) is 0 Å². The van der Waals surface area contributed by atoms with E-state index in [1.54, 1.807) is 0 Å². The second-order valence-electron chi connectivity index (χ2n) is 2.00. The van der Waals surface area contributed by atoms with Crippen molar-refractivity contribution in [3.05, 3.63) is 11.9 Å². The number of hydrogen-bond donors (Lipinski definition) is 1. The number of hydrogen-bond acceptors (Lipinski definition) is 6. The van der Waals surface area contributed by atoms with Crippen molar-refractivity contribution < 1.29 is 0 Å². The summed E-state index contributed by atoms with van der Waals surface area (Å²) in [6, 6.07) is 0. The lowest BCUT2D eigenvalue weighted by atomic mass is 10.4. The van der Waals surface area contributed by atoms with Crippen LogP contribution >= 0.6 is 0 Å². The first-order chi connectivity index (χ1) is 5.47. The van der Waals surface area contributed by atoms with Crippen LogP contribution in [0.5, 0.6) is 0 Å². The lowest BCUT2D eigenvalue weighted by molar-refractivity contribution is 0.749. The topological polar surface area (TPSA) is 76.0 Å². The smallest absolute Gasteiger partial charge is 0.159 e. The summed E-state index contributed by atoms with van der Waals surface area (Å²) in [6.45, 7) is 1.61. The molecular formula is C5H5N6. The summed E-state index contributed by atoms with van der Waals surface area (Å²) < 4.78 is 0. The predicted molar refractivity (Wildman–Crippen MR) is 35.9 cm³/mol. The Morgan fingerprint density at radius 2 is 2.36 bits per heavy atom. The molecule has 55 valence electrons. The maximum Gasteiger partial charge on any atom is 0.159 e. The van der Waals surface area contributed by atoms with E-state index in [0.29, 0.717) is 11.5 Å². The van der Waals surface area contributed by atoms with Gasteiger partial charge in [0.2, 0.25) is 0 Å². The highest BCUT2D eigenvalue weighted by molar-refractivity contribution is 5.97. The van der Waals surface area contributed by atoms with E-state index >= 15 is 0 Å². The molecule has 2 rings (SSSR count). The third-order valence-corrected chi connectivity index (χ3v) is 1.28. The van der Waals surface area contributed by atoms with Gasteiger partial charge in [0.25, 0.3) is 0 Å². The average molecular weight is 149 g/mol. The Hall–Kier alpha value is -1.59. The Bertz CT molecular complexity index is 268. The van der Waals surface area contributed by atoms with Gasteiger partial charge in [-0.2, -0.15) is 0 Å². The van der Waals surface area contributed by atoms with E-state index in [2.05, 4.69) is 37.1 Å². The van der Waals surface area contributed by atoms with Gasteiger partial charge in [-0.3, -0.25) is 4.99 Å². The van der Waals surface area contributed by atoms with Crippen molar-refractivity contribution in [3.8, 4) is 0 Å². The summed E-state index contributed by atoms with van der Waals surface area (Å²) in [5.41, 5.74) is 0.525. The molecule has 0 saturated carbocycles. The van der Waals surface area contributed by atoms with E-state index in [-0.39, 0.29) is 0 Å². The zero-order valence-corrected chi connectivity index (χ0v) is 5.65. The van der Waals surface area contributed by atoms with Gasteiger partial charge >= 0.3 is 0 Å². The maximum atomic E-state index is 4.11. The van der Waals surface area contributed by atoms with Gasteiger partial charge in [0.1, 0.15) is 6.20 Å². The van der Waals surface area contributed by atoms with E-state index in [0.717, 1.165) is 13.1 Å². The molecule has 0 aliphatic carbocycles. The Morgan fingerprint density at radius 3 is 3.00 bits per heavy atom. The fourth-order valence-corrected chi connectivity index (χ4v) is 0.834. The molecule has 0 fully saturated rings. The highest BCUT2D eigenvalue weighted by atomic mass is 15.4. The van der Waals surface area contributed by atoms with E-state index in [1.807, 2.05) is 0 Å². The van der Waals surface area contributed by atoms with Crippen LogP contribution in [0.3, 0.4) is 0 Å². The first kappa shape index (κ1) is 6.14. The second kappa shape index (κ2) is 2.57. The van der Waals surface area contributed by atoms with Crippen LogP contribution in [0.1, 0.15) is 5.69 Å². The molecule has 0 amide bonds. The number of aromatic nitrogens is 4. The van der Waals surface area contributed by atoms with Gasteiger partial charge in [-0.15, -0.1) is 10.2 Å². The molecule has 6 heteroatoms. The Morgan fingerprint density at radius 1 is 1.36 bits per heavy atom. The molecule has 1 aliphatic heterocycles. The summed E-state index contributed by atoms with van der Waals surface area (Å²) in [7, 11) is 0. The fraction of sp³-hybridized carbons (Fsp3) is 0.400. The standard InChI is InChI=1S/C5H5N6/c1-2-7-5(6-1)4-3-8-10-11-9-4/h1-2H2,(H,6,7). The third kappa shape index (κ3) is 1.14. The molecule has 2 heterocycles. The quantitative estimate of drug-likeness (QED) is 0.521. The van der Waals surface area contributed by atoms with Crippen molar-refractivity contribution in [2.75, 3.05) is 13.1 Å². The lowest BCUT2D eigenvalue weighted by Gasteiger charge is -1.95. The van der Waals surface area contributed by atoms with Gasteiger partial charge in [0.15, 0.2) is 11.5 Å². The van der Waals surface area contributed by atoms with Crippen LogP contribution in [0.2, 0.25) is 0 Å². The lowest BCUT2D eigenvalue weighted by Crippen LogP contribution is -2.21. The van der Waals surface area contributed by atoms with Crippen LogP contribution in [0.15, 0.2) is 4.99 Å². The number of nitrogens with one attached hydrogen (secondary N) is 1. The minimum Gasteiger partial charge on any atom is -0.367 e. The highest BCUT2D eigenvalue weighted by Crippen LogP contribution is 1.93. The summed E-state index contributed by atoms with van der Waals surface area (Å²) in [6.07, 6.45) is 2.58. The molecule has 11 heavy (non-hydrogen) atoms. The monoisotopic (exact) mass is 149 g/mol. The normalized spacial score (nSPS) is 15.8. The maximum absolute atomic E-state index is 4.11. The van der Waals surface area contributed by atoms with Crippen molar-refractivity contribution >= 4 is 5.84 Å². The van der Waals surface area contributed by atoms with Crippen LogP contribution in [0.4, 0.5) is 0 Å². The number of amidine groups is 1. The van der Waals surface area contributed by atoms with Gasteiger partial charge < -0.3 is 5.32 Å². The Balaban J connectivity index is 2.29. The number of aliphatic imine (C=N–C) groups is 1. The van der Waals surface area contributed by atoms with Crippen LogP contribution in [0, 0.1) is 6.20 Å². The minimum atomic E-state index is 0.525. The van der Waals surface area contributed by atoms with Crippen molar-refractivity contribution in [1.29, 1.82) is 0 Å². The summed E-state index contributed by atoms with van der Waals surface area (Å²) in [5, 5.41) is 16.8. The van der Waals surface area contributed by atoms with E-state index in [4.69, 9.17) is 0 Å². The molecule has 0 spiro atoms. The van der Waals surface area contributed by atoms with Gasteiger partial charge in [0.05, 0.1) is 6.54 Å². The van der Waals surface area contributed by atoms with E-state index in [1.165, 1.54) is 0 Å². The van der Waals surface area contributed by atoms with Crippen LogP contribution < -0.4 is 5.32 Å². The third-order valence-electron chi connectivity index (χ3n) is 1.28. The van der Waals surface area contributed by atoms with E-state index in [9.17, 15) is 0 Å². The molecule has 1 aliphatic rings. The Kier molecular flexibility index (Phi) is 1.43. The summed E-state index contributed by atoms with van der Waals surface area (Å²) in [5.74, 6) is 0.701. The highest BCUT2D eigenvalue weighted by Gasteiger charge is 2.09. The fourth-order valence-electron chi connectivity index (χ4n) is 0.834. The summed E-state index contributed by atoms with van der Waals surface area (Å²) in [4.78, 5) is 4.11. The first-order valence-corrected chi connectivity index (χ1v) is 3.19. The molecule has 0 unspecified atom stereocenters. The zero-order chi connectivity index (χ0) is 7.52. The minimum absolute atomic E-state index is 0.525. The van der Waals surface area contributed by atoms with Crippen molar-refractivity contribution in [3.63, 3.8) is 0 Å². The molecule has 1 radical (unpaired) electrons. The molecule has 0 atom stereocenters. The molecule has 0 aromatic carbocycles. The second-order valence-corrected chi connectivity index (χ2v) is 2.00. The molecule has 0 saturated heterocycles. The molecular weight excluding hydrogens is 144 g/mol. The van der Waals surface area contributed by atoms with E-state index < -0.39 is 0 Å². The van der Waals surface area contributed by atoms with Crippen molar-refractivity contribution in [2.45, 2.75) is 0 Å². The van der Waals surface area contributed by atoms with Crippen LogP contribution in [0.25, 0.3) is 0 Å². The molecule has 1 aromatic rings. The largest absolute Gasteiger partial charge is 0.367 e. The molecule has 0 bridgehead atoms. The first-order valence-electron chi connectivity index (χ1n) is 3.19. The number of nitrogens with zero attached hydrogens (tertiary/aromatic N) is 5. The van der Waals surface area contributed by atoms with Gasteiger partial charge in [-0.05, 0) is 10.4 Å². The van der Waals surface area contributed by atoms with Crippen LogP contribution in [-0.2, 0) is 0 Å². The SMILES string of the molecule is [c]1nnnnc1C1=NCCN1. The summed E-state index contributed by atoms with van der Waals surface area (Å²) >= 11 is 0. The molecule has 6 nitrogen and oxygen atoms in total. The molecule has 1 aromatic heterocycles.